The highest BCUT2D eigenvalue weighted by atomic mass is 35.5. The van der Waals surface area contributed by atoms with Crippen molar-refractivity contribution in [1.82, 2.24) is 4.72 Å². The third kappa shape index (κ3) is 7.39. The Hall–Kier alpha value is -1.08. The highest BCUT2D eigenvalue weighted by molar-refractivity contribution is 7.89. The number of carboxylic acid groups (broad SMARTS) is 1. The molecule has 1 fully saturated rings. The van der Waals surface area contributed by atoms with Gasteiger partial charge in [-0.05, 0) is 55.7 Å². The molecule has 8 heteroatoms. The van der Waals surface area contributed by atoms with Crippen molar-refractivity contribution in [2.24, 2.45) is 11.8 Å². The number of benzene rings is 1. The van der Waals surface area contributed by atoms with Crippen LogP contribution in [0.4, 0.5) is 0 Å². The molecule has 5 nitrogen and oxygen atoms in total. The van der Waals surface area contributed by atoms with Crippen molar-refractivity contribution in [3.63, 3.8) is 0 Å². The summed E-state index contributed by atoms with van der Waals surface area (Å²) in [7, 11) is -3.71. The monoisotopic (exact) mass is 447 g/mol. The second-order valence-electron chi connectivity index (χ2n) is 7.20. The molecule has 0 heterocycles. The minimum Gasteiger partial charge on any atom is -0.481 e. The van der Waals surface area contributed by atoms with Gasteiger partial charge in [-0.25, -0.2) is 13.1 Å². The van der Waals surface area contributed by atoms with Crippen molar-refractivity contribution < 1.29 is 18.3 Å². The summed E-state index contributed by atoms with van der Waals surface area (Å²) in [4.78, 5) is 10.6. The number of hydrogen-bond acceptors (Lipinski definition) is 3. The number of allylic oxidation sites excluding steroid dienone is 2. The van der Waals surface area contributed by atoms with Gasteiger partial charge in [0, 0.05) is 18.0 Å². The van der Waals surface area contributed by atoms with Gasteiger partial charge < -0.3 is 5.11 Å². The van der Waals surface area contributed by atoms with Crippen molar-refractivity contribution in [3.05, 3.63) is 40.4 Å². The molecule has 0 aromatic heterocycles. The summed E-state index contributed by atoms with van der Waals surface area (Å²) in [5.41, 5.74) is 0. The number of aliphatic carboxylic acids is 1. The highest BCUT2D eigenvalue weighted by Crippen LogP contribution is 2.31. The molecule has 2 unspecified atom stereocenters. The predicted molar refractivity (Wildman–Crippen MR) is 112 cm³/mol. The van der Waals surface area contributed by atoms with Gasteiger partial charge in [-0.1, -0.05) is 54.6 Å². The summed E-state index contributed by atoms with van der Waals surface area (Å²) >= 11 is 11.9. The first kappa shape index (κ1) is 23.2. The van der Waals surface area contributed by atoms with E-state index in [2.05, 4.69) is 10.8 Å². The lowest BCUT2D eigenvalue weighted by atomic mass is 9.87. The molecule has 0 amide bonds. The lowest BCUT2D eigenvalue weighted by molar-refractivity contribution is -0.137. The summed E-state index contributed by atoms with van der Waals surface area (Å²) in [5.74, 6) is -0.286. The van der Waals surface area contributed by atoms with E-state index in [0.29, 0.717) is 18.0 Å². The SMILES string of the molecule is O=C(O)CCC/C=C\C1CCCCCC1CNS(=O)(=O)c1ccc(Cl)cc1Cl. The third-order valence-corrected chi connectivity index (χ3v) is 7.22. The first-order valence-electron chi connectivity index (χ1n) is 9.63. The van der Waals surface area contributed by atoms with Crippen LogP contribution >= 0.6 is 23.2 Å². The largest absolute Gasteiger partial charge is 0.481 e. The maximum atomic E-state index is 12.7. The normalized spacial score (nSPS) is 20.9. The average molecular weight is 448 g/mol. The predicted octanol–water partition coefficient (Wildman–Crippen LogP) is 5.28. The van der Waals surface area contributed by atoms with Crippen LogP contribution in [-0.4, -0.2) is 26.0 Å². The summed E-state index contributed by atoms with van der Waals surface area (Å²) in [6, 6.07) is 4.35. The first-order chi connectivity index (χ1) is 13.3. The van der Waals surface area contributed by atoms with Gasteiger partial charge in [-0.3, -0.25) is 4.79 Å². The Labute approximate surface area is 177 Å². The van der Waals surface area contributed by atoms with Crippen molar-refractivity contribution in [3.8, 4) is 0 Å². The number of unbranched alkanes of at least 4 members (excludes halogenated alkanes) is 1. The molecule has 0 saturated heterocycles. The Bertz CT molecular complexity index is 795. The maximum absolute atomic E-state index is 12.7. The summed E-state index contributed by atoms with van der Waals surface area (Å²) in [5, 5.41) is 9.21. The zero-order valence-electron chi connectivity index (χ0n) is 15.7. The number of hydrogen-bond donors (Lipinski definition) is 2. The van der Waals surface area contributed by atoms with Crippen LogP contribution < -0.4 is 4.72 Å². The lowest BCUT2D eigenvalue weighted by Gasteiger charge is -2.23. The van der Waals surface area contributed by atoms with Crippen LogP contribution in [0.5, 0.6) is 0 Å². The molecule has 156 valence electrons. The van der Waals surface area contributed by atoms with Crippen molar-refractivity contribution >= 4 is 39.2 Å². The average Bonchev–Trinajstić information content (AvgIpc) is 2.84. The molecule has 1 aliphatic rings. The lowest BCUT2D eigenvalue weighted by Crippen LogP contribution is -2.32. The zero-order valence-corrected chi connectivity index (χ0v) is 18.1. The standard InChI is InChI=1S/C20H27Cl2NO4S/c21-17-11-12-19(18(22)13-17)28(26,27)23-14-16-9-5-1-3-7-15(16)8-4-2-6-10-20(24)25/h4,8,11-13,15-16,23H,1-3,5-7,9-10,14H2,(H,24,25)/b8-4-. The van der Waals surface area contributed by atoms with Gasteiger partial charge in [0.2, 0.25) is 10.0 Å². The van der Waals surface area contributed by atoms with E-state index in [-0.39, 0.29) is 28.2 Å². The number of rotatable bonds is 9. The van der Waals surface area contributed by atoms with Crippen molar-refractivity contribution in [2.45, 2.75) is 56.3 Å². The highest BCUT2D eigenvalue weighted by Gasteiger charge is 2.25. The van der Waals surface area contributed by atoms with Crippen molar-refractivity contribution in [1.29, 1.82) is 0 Å². The van der Waals surface area contributed by atoms with Gasteiger partial charge >= 0.3 is 5.97 Å². The van der Waals surface area contributed by atoms with E-state index in [1.54, 1.807) is 0 Å². The van der Waals surface area contributed by atoms with Crippen molar-refractivity contribution in [2.75, 3.05) is 6.54 Å². The number of sulfonamides is 1. The molecule has 1 aliphatic carbocycles. The topological polar surface area (TPSA) is 83.5 Å². The molecular formula is C20H27Cl2NO4S. The Balaban J connectivity index is 1.99. The van der Waals surface area contributed by atoms with Gasteiger partial charge in [0.05, 0.1) is 5.02 Å². The molecule has 0 bridgehead atoms. The molecule has 0 radical (unpaired) electrons. The van der Waals surface area contributed by atoms with Crippen LogP contribution in [0.25, 0.3) is 0 Å². The quantitative estimate of drug-likeness (QED) is 0.306. The smallest absolute Gasteiger partial charge is 0.303 e. The second kappa shape index (κ2) is 11.2. The van der Waals surface area contributed by atoms with Gasteiger partial charge in [0.15, 0.2) is 0 Å². The van der Waals surface area contributed by atoms with Crippen LogP contribution in [0.3, 0.4) is 0 Å². The number of halogens is 2. The molecule has 2 N–H and O–H groups in total. The fourth-order valence-corrected chi connectivity index (χ4v) is 5.41. The number of nitrogens with one attached hydrogen (secondary N) is 1. The fourth-order valence-electron chi connectivity index (χ4n) is 3.55. The van der Waals surface area contributed by atoms with E-state index in [4.69, 9.17) is 28.3 Å². The van der Waals surface area contributed by atoms with Crippen LogP contribution in [-0.2, 0) is 14.8 Å². The molecular weight excluding hydrogens is 421 g/mol. The summed E-state index contributed by atoms with van der Waals surface area (Å²) in [6.45, 7) is 0.353. The molecule has 1 aromatic rings. The van der Waals surface area contributed by atoms with E-state index in [1.165, 1.54) is 18.2 Å². The van der Waals surface area contributed by atoms with Gasteiger partial charge in [-0.2, -0.15) is 0 Å². The minimum atomic E-state index is -3.71. The van der Waals surface area contributed by atoms with E-state index in [1.807, 2.05) is 6.08 Å². The van der Waals surface area contributed by atoms with Gasteiger partial charge in [0.25, 0.3) is 0 Å². The molecule has 2 atom stereocenters. The Morgan fingerprint density at radius 1 is 1.21 bits per heavy atom. The molecule has 0 spiro atoms. The Morgan fingerprint density at radius 2 is 1.96 bits per heavy atom. The molecule has 28 heavy (non-hydrogen) atoms. The van der Waals surface area contributed by atoms with E-state index < -0.39 is 16.0 Å². The number of carboxylic acids is 1. The van der Waals surface area contributed by atoms with Crippen LogP contribution in [0.1, 0.15) is 51.4 Å². The van der Waals surface area contributed by atoms with E-state index >= 15 is 0 Å². The Morgan fingerprint density at radius 3 is 2.68 bits per heavy atom. The number of carbonyl (C=O) groups is 1. The van der Waals surface area contributed by atoms with E-state index in [0.717, 1.165) is 38.5 Å². The van der Waals surface area contributed by atoms with Gasteiger partial charge in [0.1, 0.15) is 4.90 Å². The second-order valence-corrected chi connectivity index (χ2v) is 9.78. The zero-order chi connectivity index (χ0) is 20.6. The molecule has 1 saturated carbocycles. The third-order valence-electron chi connectivity index (χ3n) is 5.08. The minimum absolute atomic E-state index is 0.0351. The maximum Gasteiger partial charge on any atom is 0.303 e. The fraction of sp³-hybridized carbons (Fsp3) is 0.550. The van der Waals surface area contributed by atoms with Gasteiger partial charge in [-0.15, -0.1) is 0 Å². The molecule has 0 aliphatic heterocycles. The van der Waals surface area contributed by atoms with E-state index in [9.17, 15) is 13.2 Å². The summed E-state index contributed by atoms with van der Waals surface area (Å²) in [6.07, 6.45) is 11.0. The van der Waals surface area contributed by atoms with Crippen LogP contribution in [0.15, 0.2) is 35.2 Å². The summed E-state index contributed by atoms with van der Waals surface area (Å²) < 4.78 is 28.0. The first-order valence-corrected chi connectivity index (χ1v) is 11.9. The van der Waals surface area contributed by atoms with Crippen LogP contribution in [0, 0.1) is 11.8 Å². The van der Waals surface area contributed by atoms with Crippen LogP contribution in [0.2, 0.25) is 10.0 Å². The molecule has 2 rings (SSSR count). The Kier molecular flexibility index (Phi) is 9.28. The molecule has 1 aromatic carbocycles.